The SMILES string of the molecule is CCNC(=NCc1cc2c(cc1OC)CC(C)O2)NCCc1cccc(C(=O)N(C)C)c1.I. The van der Waals surface area contributed by atoms with Crippen molar-refractivity contribution in [2.75, 3.05) is 34.3 Å². The Morgan fingerprint density at radius 3 is 2.73 bits per heavy atom. The molecule has 3 rings (SSSR count). The summed E-state index contributed by atoms with van der Waals surface area (Å²) in [7, 11) is 5.21. The molecule has 1 aliphatic rings. The fourth-order valence-corrected chi connectivity index (χ4v) is 3.74. The highest BCUT2D eigenvalue weighted by Gasteiger charge is 2.21. The zero-order valence-corrected chi connectivity index (χ0v) is 22.4. The van der Waals surface area contributed by atoms with E-state index in [9.17, 15) is 4.79 Å². The summed E-state index contributed by atoms with van der Waals surface area (Å²) < 4.78 is 11.5. The molecule has 0 saturated carbocycles. The summed E-state index contributed by atoms with van der Waals surface area (Å²) in [6.07, 6.45) is 1.88. The van der Waals surface area contributed by atoms with Crippen molar-refractivity contribution >= 4 is 35.8 Å². The highest BCUT2D eigenvalue weighted by atomic mass is 127. The number of fused-ring (bicyclic) bond motifs is 1. The standard InChI is InChI=1S/C25H34N4O3.HI/c1-6-26-25(27-11-10-18-8-7-9-19(13-18)24(30)29(3)4)28-16-21-15-23-20(12-17(2)32-23)14-22(21)31-5;/h7-9,13-15,17H,6,10-12,16H2,1-5H3,(H2,26,27,28);1H. The minimum Gasteiger partial charge on any atom is -0.496 e. The van der Waals surface area contributed by atoms with E-state index in [2.05, 4.69) is 23.6 Å². The molecule has 0 spiro atoms. The van der Waals surface area contributed by atoms with Gasteiger partial charge in [-0.1, -0.05) is 12.1 Å². The smallest absolute Gasteiger partial charge is 0.253 e. The molecule has 0 saturated heterocycles. The molecule has 33 heavy (non-hydrogen) atoms. The van der Waals surface area contributed by atoms with E-state index in [4.69, 9.17) is 14.5 Å². The summed E-state index contributed by atoms with van der Waals surface area (Å²) in [6, 6.07) is 11.9. The number of carbonyl (C=O) groups excluding carboxylic acids is 1. The lowest BCUT2D eigenvalue weighted by molar-refractivity contribution is 0.0827. The van der Waals surface area contributed by atoms with Crippen molar-refractivity contribution in [1.29, 1.82) is 0 Å². The Kier molecular flexibility index (Phi) is 10.3. The van der Waals surface area contributed by atoms with Gasteiger partial charge in [-0.25, -0.2) is 4.99 Å². The Morgan fingerprint density at radius 2 is 2.03 bits per heavy atom. The lowest BCUT2D eigenvalue weighted by Gasteiger charge is -2.14. The van der Waals surface area contributed by atoms with Crippen LogP contribution in [0.4, 0.5) is 0 Å². The first-order valence-electron chi connectivity index (χ1n) is 11.1. The third kappa shape index (κ3) is 7.25. The molecule has 8 heteroatoms. The van der Waals surface area contributed by atoms with E-state index < -0.39 is 0 Å². The van der Waals surface area contributed by atoms with E-state index in [1.54, 1.807) is 26.1 Å². The first-order chi connectivity index (χ1) is 15.4. The summed E-state index contributed by atoms with van der Waals surface area (Å²) in [5, 5.41) is 6.67. The Morgan fingerprint density at radius 1 is 1.24 bits per heavy atom. The molecule has 0 fully saturated rings. The van der Waals surface area contributed by atoms with Gasteiger partial charge in [-0.2, -0.15) is 0 Å². The van der Waals surface area contributed by atoms with Crippen LogP contribution < -0.4 is 20.1 Å². The second-order valence-corrected chi connectivity index (χ2v) is 8.18. The van der Waals surface area contributed by atoms with Gasteiger partial charge in [0, 0.05) is 50.3 Å². The van der Waals surface area contributed by atoms with Gasteiger partial charge in [-0.05, 0) is 50.1 Å². The second kappa shape index (κ2) is 12.7. The number of hydrogen-bond acceptors (Lipinski definition) is 4. The monoisotopic (exact) mass is 566 g/mol. The molecule has 1 aliphatic heterocycles. The molecular weight excluding hydrogens is 531 g/mol. The highest BCUT2D eigenvalue weighted by Crippen LogP contribution is 2.35. The van der Waals surface area contributed by atoms with Crippen LogP contribution in [0.15, 0.2) is 41.4 Å². The van der Waals surface area contributed by atoms with E-state index in [1.165, 1.54) is 5.56 Å². The van der Waals surface area contributed by atoms with Crippen LogP contribution in [-0.2, 0) is 19.4 Å². The molecule has 2 N–H and O–H groups in total. The normalized spacial score (nSPS) is 14.6. The number of methoxy groups -OCH3 is 1. The minimum absolute atomic E-state index is 0. The summed E-state index contributed by atoms with van der Waals surface area (Å²) in [6.45, 7) is 6.06. The van der Waals surface area contributed by atoms with Crippen molar-refractivity contribution in [3.63, 3.8) is 0 Å². The number of aliphatic imine (C=N–C) groups is 1. The van der Waals surface area contributed by atoms with Crippen LogP contribution in [-0.4, -0.2) is 57.2 Å². The van der Waals surface area contributed by atoms with Crippen molar-refractivity contribution in [3.8, 4) is 11.5 Å². The Labute approximate surface area is 214 Å². The van der Waals surface area contributed by atoms with Gasteiger partial charge in [0.2, 0.25) is 0 Å². The van der Waals surface area contributed by atoms with Crippen molar-refractivity contribution < 1.29 is 14.3 Å². The number of nitrogens with one attached hydrogen (secondary N) is 2. The number of ether oxygens (including phenoxy) is 2. The maximum atomic E-state index is 12.2. The van der Waals surface area contributed by atoms with E-state index in [0.29, 0.717) is 18.7 Å². The molecule has 2 aromatic carbocycles. The number of nitrogens with zero attached hydrogens (tertiary/aromatic N) is 2. The topological polar surface area (TPSA) is 75.2 Å². The van der Waals surface area contributed by atoms with E-state index >= 15 is 0 Å². The highest BCUT2D eigenvalue weighted by molar-refractivity contribution is 14.0. The molecule has 1 unspecified atom stereocenters. The number of carbonyl (C=O) groups is 1. The van der Waals surface area contributed by atoms with E-state index in [0.717, 1.165) is 48.0 Å². The lowest BCUT2D eigenvalue weighted by Crippen LogP contribution is -2.38. The molecule has 1 heterocycles. The molecule has 2 aromatic rings. The zero-order valence-electron chi connectivity index (χ0n) is 20.1. The summed E-state index contributed by atoms with van der Waals surface area (Å²) in [4.78, 5) is 18.5. The molecule has 1 amide bonds. The number of rotatable bonds is 8. The van der Waals surface area contributed by atoms with E-state index in [1.807, 2.05) is 37.3 Å². The Hall–Kier alpha value is -2.49. The van der Waals surface area contributed by atoms with Gasteiger partial charge in [0.05, 0.1) is 13.7 Å². The van der Waals surface area contributed by atoms with Crippen LogP contribution in [0.1, 0.15) is 40.9 Å². The molecule has 0 radical (unpaired) electrons. The van der Waals surface area contributed by atoms with Crippen molar-refractivity contribution in [2.45, 2.75) is 39.3 Å². The van der Waals surface area contributed by atoms with Gasteiger partial charge >= 0.3 is 0 Å². The summed E-state index contributed by atoms with van der Waals surface area (Å²) in [5.74, 6) is 2.51. The number of hydrogen-bond donors (Lipinski definition) is 2. The largest absolute Gasteiger partial charge is 0.496 e. The average molecular weight is 566 g/mol. The first kappa shape index (κ1) is 26.8. The second-order valence-electron chi connectivity index (χ2n) is 8.18. The molecule has 0 aliphatic carbocycles. The third-order valence-electron chi connectivity index (χ3n) is 5.34. The Balaban J connectivity index is 0.00000385. The van der Waals surface area contributed by atoms with Crippen LogP contribution in [0.5, 0.6) is 11.5 Å². The predicted molar refractivity (Wildman–Crippen MR) is 143 cm³/mol. The summed E-state index contributed by atoms with van der Waals surface area (Å²) >= 11 is 0. The molecule has 1 atom stereocenters. The van der Waals surface area contributed by atoms with Crippen LogP contribution in [0.3, 0.4) is 0 Å². The van der Waals surface area contributed by atoms with Crippen LogP contribution >= 0.6 is 24.0 Å². The van der Waals surface area contributed by atoms with Crippen LogP contribution in [0.25, 0.3) is 0 Å². The summed E-state index contributed by atoms with van der Waals surface area (Å²) in [5.41, 5.74) is 3.98. The molecule has 0 bridgehead atoms. The van der Waals surface area contributed by atoms with Crippen LogP contribution in [0.2, 0.25) is 0 Å². The van der Waals surface area contributed by atoms with Gasteiger partial charge in [0.15, 0.2) is 5.96 Å². The number of amides is 1. The maximum absolute atomic E-state index is 12.2. The number of benzene rings is 2. The van der Waals surface area contributed by atoms with Gasteiger partial charge in [0.25, 0.3) is 5.91 Å². The molecule has 7 nitrogen and oxygen atoms in total. The van der Waals surface area contributed by atoms with Gasteiger partial charge in [0.1, 0.15) is 17.6 Å². The molecule has 180 valence electrons. The molecule has 0 aromatic heterocycles. The number of halogens is 1. The Bertz CT molecular complexity index is 978. The fourth-order valence-electron chi connectivity index (χ4n) is 3.74. The van der Waals surface area contributed by atoms with Crippen molar-refractivity contribution in [1.82, 2.24) is 15.5 Å². The lowest BCUT2D eigenvalue weighted by atomic mass is 10.1. The predicted octanol–water partition coefficient (Wildman–Crippen LogP) is 3.64. The average Bonchev–Trinajstić information content (AvgIpc) is 3.15. The van der Waals surface area contributed by atoms with Gasteiger partial charge in [-0.15, -0.1) is 24.0 Å². The van der Waals surface area contributed by atoms with Crippen molar-refractivity contribution in [3.05, 3.63) is 58.7 Å². The first-order valence-corrected chi connectivity index (χ1v) is 11.1. The van der Waals surface area contributed by atoms with Gasteiger partial charge < -0.3 is 25.0 Å². The van der Waals surface area contributed by atoms with Gasteiger partial charge in [-0.3, -0.25) is 4.79 Å². The quantitative estimate of drug-likeness (QED) is 0.290. The fraction of sp³-hybridized carbons (Fsp3) is 0.440. The van der Waals surface area contributed by atoms with Crippen LogP contribution in [0, 0.1) is 0 Å². The maximum Gasteiger partial charge on any atom is 0.253 e. The van der Waals surface area contributed by atoms with E-state index in [-0.39, 0.29) is 36.0 Å². The number of guanidine groups is 1. The third-order valence-corrected chi connectivity index (χ3v) is 5.34. The molecular formula is C25H35IN4O3. The minimum atomic E-state index is 0. The zero-order chi connectivity index (χ0) is 23.1. The van der Waals surface area contributed by atoms with Crippen molar-refractivity contribution in [2.24, 2.45) is 4.99 Å².